The number of rotatable bonds is 8. The molecule has 0 bridgehead atoms. The molecule has 2 aromatic rings. The number of carbonyl (C=O) groups is 1. The van der Waals surface area contributed by atoms with Crippen molar-refractivity contribution < 1.29 is 9.53 Å². The Bertz CT molecular complexity index is 1270. The van der Waals surface area contributed by atoms with Crippen molar-refractivity contribution in [1.29, 1.82) is 5.41 Å². The molecule has 10 nitrogen and oxygen atoms in total. The summed E-state index contributed by atoms with van der Waals surface area (Å²) in [5, 5.41) is 14.1. The van der Waals surface area contributed by atoms with E-state index in [1.165, 1.54) is 38.3 Å². The molecular formula is C28H37ClN8O2. The SMILES string of the molecule is C=CNc1cnc(N2CCCCCC2)nc1C(N)=Nc1cc(C(=O)NC(=N)/C=C(\OC)C(C)(C)C)ccc1Cl. The summed E-state index contributed by atoms with van der Waals surface area (Å²) in [7, 11) is 1.53. The number of allylic oxidation sites excluding steroid dienone is 1. The molecule has 1 aromatic carbocycles. The molecule has 0 atom stereocenters. The third kappa shape index (κ3) is 8.03. The van der Waals surface area contributed by atoms with E-state index in [0.29, 0.717) is 28.1 Å². The smallest absolute Gasteiger partial charge is 0.256 e. The summed E-state index contributed by atoms with van der Waals surface area (Å²) in [4.78, 5) is 28.8. The number of halogens is 1. The summed E-state index contributed by atoms with van der Waals surface area (Å²) in [6, 6.07) is 4.63. The molecule has 0 aliphatic carbocycles. The highest BCUT2D eigenvalue weighted by Gasteiger charge is 2.20. The zero-order valence-electron chi connectivity index (χ0n) is 23.0. The number of carbonyl (C=O) groups excluding carboxylic acids is 1. The molecule has 1 aromatic heterocycles. The van der Waals surface area contributed by atoms with Crippen molar-refractivity contribution in [3.63, 3.8) is 0 Å². The van der Waals surface area contributed by atoms with Gasteiger partial charge in [0.05, 0.1) is 29.7 Å². The lowest BCUT2D eigenvalue weighted by atomic mass is 9.93. The molecule has 0 radical (unpaired) electrons. The van der Waals surface area contributed by atoms with Gasteiger partial charge in [-0.15, -0.1) is 0 Å². The van der Waals surface area contributed by atoms with Crippen LogP contribution in [-0.2, 0) is 4.74 Å². The van der Waals surface area contributed by atoms with Crippen LogP contribution in [0.3, 0.4) is 0 Å². The number of amidine groups is 2. The number of nitrogens with one attached hydrogen (secondary N) is 3. The zero-order chi connectivity index (χ0) is 28.6. The molecule has 39 heavy (non-hydrogen) atoms. The minimum Gasteiger partial charge on any atom is -0.500 e. The highest BCUT2D eigenvalue weighted by atomic mass is 35.5. The van der Waals surface area contributed by atoms with Gasteiger partial charge in [-0.25, -0.2) is 15.0 Å². The van der Waals surface area contributed by atoms with Crippen LogP contribution in [0.25, 0.3) is 0 Å². The Morgan fingerprint density at radius 2 is 1.95 bits per heavy atom. The van der Waals surface area contributed by atoms with E-state index in [2.05, 4.69) is 32.1 Å². The fraction of sp³-hybridized carbons (Fsp3) is 0.393. The Balaban J connectivity index is 1.90. The van der Waals surface area contributed by atoms with Crippen molar-refractivity contribution in [3.05, 3.63) is 65.3 Å². The van der Waals surface area contributed by atoms with Gasteiger partial charge < -0.3 is 26.0 Å². The highest BCUT2D eigenvalue weighted by Crippen LogP contribution is 2.28. The lowest BCUT2D eigenvalue weighted by Crippen LogP contribution is -2.29. The molecule has 0 unspecified atom stereocenters. The number of amides is 1. The van der Waals surface area contributed by atoms with Gasteiger partial charge in [0.25, 0.3) is 5.91 Å². The first-order valence-corrected chi connectivity index (χ1v) is 13.2. The van der Waals surface area contributed by atoms with Crippen molar-refractivity contribution in [2.75, 3.05) is 30.4 Å². The second kappa shape index (κ2) is 13.2. The number of benzene rings is 1. The predicted octanol–water partition coefficient (Wildman–Crippen LogP) is 5.39. The summed E-state index contributed by atoms with van der Waals surface area (Å²) < 4.78 is 5.37. The molecule has 1 aliphatic heterocycles. The second-order valence-corrected chi connectivity index (χ2v) is 10.6. The molecule has 1 amide bonds. The van der Waals surface area contributed by atoms with E-state index >= 15 is 0 Å². The first-order chi connectivity index (χ1) is 18.5. The molecule has 208 valence electrons. The van der Waals surface area contributed by atoms with E-state index in [1.54, 1.807) is 18.3 Å². The third-order valence-electron chi connectivity index (χ3n) is 6.10. The number of nitrogens with zero attached hydrogens (tertiary/aromatic N) is 4. The minimum absolute atomic E-state index is 0.0999. The van der Waals surface area contributed by atoms with Crippen molar-refractivity contribution in [2.45, 2.75) is 46.5 Å². The number of hydrogen-bond acceptors (Lipinski definition) is 8. The molecule has 3 rings (SSSR count). The summed E-state index contributed by atoms with van der Waals surface area (Å²) >= 11 is 6.41. The monoisotopic (exact) mass is 552 g/mol. The fourth-order valence-electron chi connectivity index (χ4n) is 4.07. The van der Waals surface area contributed by atoms with Gasteiger partial charge in [-0.1, -0.05) is 51.8 Å². The molecule has 11 heteroatoms. The number of methoxy groups -OCH3 is 1. The lowest BCUT2D eigenvalue weighted by molar-refractivity contribution is 0.0977. The Hall–Kier alpha value is -3.92. The van der Waals surface area contributed by atoms with Gasteiger partial charge >= 0.3 is 0 Å². The Kier molecular flexibility index (Phi) is 10.1. The van der Waals surface area contributed by atoms with Gasteiger partial charge in [-0.3, -0.25) is 10.2 Å². The number of anilines is 2. The first kappa shape index (κ1) is 29.6. The van der Waals surface area contributed by atoms with E-state index in [0.717, 1.165) is 25.9 Å². The average Bonchev–Trinajstić information content (AvgIpc) is 3.18. The maximum Gasteiger partial charge on any atom is 0.256 e. The van der Waals surface area contributed by atoms with E-state index in [4.69, 9.17) is 32.5 Å². The fourth-order valence-corrected chi connectivity index (χ4v) is 4.23. The van der Waals surface area contributed by atoms with Crippen LogP contribution < -0.4 is 21.3 Å². The molecule has 1 fully saturated rings. The predicted molar refractivity (Wildman–Crippen MR) is 158 cm³/mol. The normalized spacial score (nSPS) is 14.8. The number of hydrogen-bond donors (Lipinski definition) is 4. The van der Waals surface area contributed by atoms with Crippen LogP contribution in [0.5, 0.6) is 0 Å². The summed E-state index contributed by atoms with van der Waals surface area (Å²) in [5.41, 5.74) is 7.60. The Morgan fingerprint density at radius 1 is 1.26 bits per heavy atom. The molecule has 1 aliphatic rings. The Morgan fingerprint density at radius 3 is 2.56 bits per heavy atom. The van der Waals surface area contributed by atoms with Crippen LogP contribution in [0, 0.1) is 10.8 Å². The highest BCUT2D eigenvalue weighted by molar-refractivity contribution is 6.33. The third-order valence-corrected chi connectivity index (χ3v) is 6.42. The lowest BCUT2D eigenvalue weighted by Gasteiger charge is -2.21. The largest absolute Gasteiger partial charge is 0.500 e. The van der Waals surface area contributed by atoms with Gasteiger partial charge in [0.15, 0.2) is 5.84 Å². The van der Waals surface area contributed by atoms with Gasteiger partial charge in [-0.2, -0.15) is 0 Å². The average molecular weight is 553 g/mol. The maximum absolute atomic E-state index is 12.9. The quantitative estimate of drug-likeness (QED) is 0.195. The summed E-state index contributed by atoms with van der Waals surface area (Å²) in [5.74, 6) is 0.648. The maximum atomic E-state index is 12.9. The molecule has 1 saturated heterocycles. The minimum atomic E-state index is -0.494. The summed E-state index contributed by atoms with van der Waals surface area (Å²) in [6.45, 7) is 11.3. The topological polar surface area (TPSA) is 142 Å². The van der Waals surface area contributed by atoms with E-state index < -0.39 is 5.91 Å². The zero-order valence-corrected chi connectivity index (χ0v) is 23.7. The number of aromatic nitrogens is 2. The van der Waals surface area contributed by atoms with Crippen LogP contribution in [0.1, 0.15) is 62.5 Å². The van der Waals surface area contributed by atoms with Crippen molar-refractivity contribution in [2.24, 2.45) is 16.1 Å². The van der Waals surface area contributed by atoms with E-state index in [1.807, 2.05) is 20.8 Å². The van der Waals surface area contributed by atoms with Crippen LogP contribution >= 0.6 is 11.6 Å². The number of aliphatic imine (C=N–C) groups is 1. The van der Waals surface area contributed by atoms with Crippen molar-refractivity contribution in [3.8, 4) is 0 Å². The van der Waals surface area contributed by atoms with Crippen molar-refractivity contribution >= 4 is 46.5 Å². The number of ether oxygens (including phenoxy) is 1. The number of nitrogens with two attached hydrogens (primary N) is 1. The summed E-state index contributed by atoms with van der Waals surface area (Å²) in [6.07, 6.45) is 9.18. The van der Waals surface area contributed by atoms with Gasteiger partial charge in [0.2, 0.25) is 5.95 Å². The molecule has 2 heterocycles. The molecule has 0 saturated carbocycles. The van der Waals surface area contributed by atoms with Gasteiger partial charge in [-0.05, 0) is 37.2 Å². The standard InChI is InChI=1S/C28H37ClN8O2/c1-6-32-21-17-33-27(37-13-9-7-8-10-14-37)36-24(21)25(31)34-20-15-18(11-12-19(20)29)26(38)35-23(30)16-22(39-5)28(2,3)4/h6,11-12,15-17,32H,1,7-10,13-14H2,2-5H3,(H2,31,34)(H2,30,35,38)/b22-16-. The van der Waals surface area contributed by atoms with Crippen LogP contribution in [-0.4, -0.2) is 47.7 Å². The van der Waals surface area contributed by atoms with Gasteiger partial charge in [0, 0.05) is 30.1 Å². The van der Waals surface area contributed by atoms with E-state index in [9.17, 15) is 4.79 Å². The van der Waals surface area contributed by atoms with Gasteiger partial charge in [0.1, 0.15) is 17.3 Å². The van der Waals surface area contributed by atoms with E-state index in [-0.39, 0.29) is 28.3 Å². The molecule has 0 spiro atoms. The second-order valence-electron chi connectivity index (χ2n) is 10.2. The van der Waals surface area contributed by atoms with Crippen LogP contribution in [0.2, 0.25) is 5.02 Å². The Labute approximate surface area is 234 Å². The molecular weight excluding hydrogens is 516 g/mol. The molecule has 5 N–H and O–H groups in total. The van der Waals surface area contributed by atoms with Crippen LogP contribution in [0.4, 0.5) is 17.3 Å². The van der Waals surface area contributed by atoms with Crippen LogP contribution in [0.15, 0.2) is 54.0 Å². The van der Waals surface area contributed by atoms with Crippen molar-refractivity contribution in [1.82, 2.24) is 15.3 Å². The first-order valence-electron chi connectivity index (χ1n) is 12.8.